The molecule has 1 aliphatic rings. The minimum Gasteiger partial charge on any atom is -0.497 e. The zero-order valence-electron chi connectivity index (χ0n) is 16.2. The molecule has 0 radical (unpaired) electrons. The standard InChI is InChI=1S/C21H26N4O3/c1-15(21(27)23-17-5-3-16(4-6-17)20(22)26)24-11-13-25(14-12-24)18-7-9-19(28-2)10-8-18/h3-10,15H,11-14H2,1-2H3,(H2,22,26)(H,23,27)/t15-/m1/s1. The van der Waals surface area contributed by atoms with Crippen molar-refractivity contribution in [3.63, 3.8) is 0 Å². The average Bonchev–Trinajstić information content (AvgIpc) is 2.73. The molecule has 3 rings (SSSR count). The number of nitrogens with zero attached hydrogens (tertiary/aromatic N) is 2. The lowest BCUT2D eigenvalue weighted by atomic mass is 10.1. The van der Waals surface area contributed by atoms with Crippen molar-refractivity contribution in [3.8, 4) is 5.75 Å². The van der Waals surface area contributed by atoms with Gasteiger partial charge < -0.3 is 20.7 Å². The molecule has 1 aliphatic heterocycles. The third kappa shape index (κ3) is 4.61. The molecule has 1 saturated heterocycles. The molecular formula is C21H26N4O3. The Balaban J connectivity index is 1.52. The molecule has 2 amide bonds. The van der Waals surface area contributed by atoms with Crippen molar-refractivity contribution in [1.29, 1.82) is 0 Å². The van der Waals surface area contributed by atoms with Crippen LogP contribution in [-0.2, 0) is 4.79 Å². The number of rotatable bonds is 6. The third-order valence-electron chi connectivity index (χ3n) is 5.12. The van der Waals surface area contributed by atoms with Gasteiger partial charge in [-0.3, -0.25) is 14.5 Å². The number of primary amides is 1. The van der Waals surface area contributed by atoms with Gasteiger partial charge in [0, 0.05) is 43.1 Å². The largest absolute Gasteiger partial charge is 0.497 e. The van der Waals surface area contributed by atoms with Crippen molar-refractivity contribution < 1.29 is 14.3 Å². The molecule has 3 N–H and O–H groups in total. The summed E-state index contributed by atoms with van der Waals surface area (Å²) in [5, 5.41) is 2.90. The predicted molar refractivity (Wildman–Crippen MR) is 110 cm³/mol. The highest BCUT2D eigenvalue weighted by Crippen LogP contribution is 2.21. The van der Waals surface area contributed by atoms with Crippen LogP contribution in [0.25, 0.3) is 0 Å². The quantitative estimate of drug-likeness (QED) is 0.797. The second-order valence-corrected chi connectivity index (χ2v) is 6.83. The highest BCUT2D eigenvalue weighted by Gasteiger charge is 2.25. The normalized spacial score (nSPS) is 15.7. The number of carbonyl (C=O) groups is 2. The Kier molecular flexibility index (Phi) is 6.16. The number of methoxy groups -OCH3 is 1. The number of anilines is 2. The van der Waals surface area contributed by atoms with Crippen LogP contribution in [0.1, 0.15) is 17.3 Å². The monoisotopic (exact) mass is 382 g/mol. The molecule has 0 saturated carbocycles. The van der Waals surface area contributed by atoms with Gasteiger partial charge >= 0.3 is 0 Å². The van der Waals surface area contributed by atoms with E-state index in [9.17, 15) is 9.59 Å². The van der Waals surface area contributed by atoms with Crippen LogP contribution in [0.5, 0.6) is 5.75 Å². The molecular weight excluding hydrogens is 356 g/mol. The molecule has 1 heterocycles. The van der Waals surface area contributed by atoms with Gasteiger partial charge in [-0.15, -0.1) is 0 Å². The van der Waals surface area contributed by atoms with Crippen molar-refractivity contribution in [2.24, 2.45) is 5.73 Å². The van der Waals surface area contributed by atoms with Gasteiger partial charge in [0.1, 0.15) is 5.75 Å². The highest BCUT2D eigenvalue weighted by atomic mass is 16.5. The minimum atomic E-state index is -0.485. The molecule has 0 spiro atoms. The zero-order valence-corrected chi connectivity index (χ0v) is 16.2. The number of hydrogen-bond donors (Lipinski definition) is 2. The lowest BCUT2D eigenvalue weighted by Crippen LogP contribution is -2.52. The van der Waals surface area contributed by atoms with Crippen molar-refractivity contribution in [2.75, 3.05) is 43.5 Å². The van der Waals surface area contributed by atoms with Crippen molar-refractivity contribution in [1.82, 2.24) is 4.90 Å². The second-order valence-electron chi connectivity index (χ2n) is 6.83. The van der Waals surface area contributed by atoms with Gasteiger partial charge in [0.2, 0.25) is 11.8 Å². The Morgan fingerprint density at radius 1 is 1.00 bits per heavy atom. The van der Waals surface area contributed by atoms with E-state index < -0.39 is 5.91 Å². The molecule has 28 heavy (non-hydrogen) atoms. The number of nitrogens with one attached hydrogen (secondary N) is 1. The Morgan fingerprint density at radius 3 is 2.14 bits per heavy atom. The predicted octanol–water partition coefficient (Wildman–Crippen LogP) is 1.94. The number of ether oxygens (including phenoxy) is 1. The summed E-state index contributed by atoms with van der Waals surface area (Å²) in [4.78, 5) is 28.2. The van der Waals surface area contributed by atoms with Gasteiger partial charge in [-0.25, -0.2) is 0 Å². The molecule has 2 aromatic carbocycles. The topological polar surface area (TPSA) is 87.9 Å². The SMILES string of the molecule is COc1ccc(N2CCN([C@H](C)C(=O)Nc3ccc(C(N)=O)cc3)CC2)cc1. The van der Waals surface area contributed by atoms with E-state index >= 15 is 0 Å². The van der Waals surface area contributed by atoms with E-state index in [0.29, 0.717) is 11.3 Å². The summed E-state index contributed by atoms with van der Waals surface area (Å²) in [6.45, 7) is 5.24. The Bertz CT molecular complexity index is 813. The molecule has 7 heteroatoms. The summed E-state index contributed by atoms with van der Waals surface area (Å²) in [6.07, 6.45) is 0. The first-order valence-corrected chi connectivity index (χ1v) is 9.31. The van der Waals surface area contributed by atoms with Crippen LogP contribution in [0.3, 0.4) is 0 Å². The molecule has 0 unspecified atom stereocenters. The number of benzene rings is 2. The minimum absolute atomic E-state index is 0.0651. The summed E-state index contributed by atoms with van der Waals surface area (Å²) in [7, 11) is 1.66. The summed E-state index contributed by atoms with van der Waals surface area (Å²) in [5.41, 5.74) is 7.46. The zero-order chi connectivity index (χ0) is 20.1. The first-order valence-electron chi connectivity index (χ1n) is 9.31. The van der Waals surface area contributed by atoms with Crippen LogP contribution in [-0.4, -0.2) is 56.0 Å². The summed E-state index contributed by atoms with van der Waals surface area (Å²) in [5.74, 6) is 0.294. The molecule has 0 bridgehead atoms. The number of nitrogens with two attached hydrogens (primary N) is 1. The molecule has 1 atom stereocenters. The number of carbonyl (C=O) groups excluding carboxylic acids is 2. The third-order valence-corrected chi connectivity index (χ3v) is 5.12. The van der Waals surface area contributed by atoms with E-state index in [1.807, 2.05) is 19.1 Å². The lowest BCUT2D eigenvalue weighted by molar-refractivity contribution is -0.120. The first-order chi connectivity index (χ1) is 13.5. The van der Waals surface area contributed by atoms with E-state index in [4.69, 9.17) is 10.5 Å². The number of piperazine rings is 1. The van der Waals surface area contributed by atoms with E-state index in [2.05, 4.69) is 27.2 Å². The molecule has 7 nitrogen and oxygen atoms in total. The van der Waals surface area contributed by atoms with Crippen LogP contribution in [0.2, 0.25) is 0 Å². The summed E-state index contributed by atoms with van der Waals surface area (Å²) >= 11 is 0. The highest BCUT2D eigenvalue weighted by molar-refractivity contribution is 5.96. The van der Waals surface area contributed by atoms with Crippen LogP contribution in [0.4, 0.5) is 11.4 Å². The Labute approximate surface area is 165 Å². The van der Waals surface area contributed by atoms with Gasteiger partial charge in [-0.05, 0) is 55.5 Å². The number of amides is 2. The van der Waals surface area contributed by atoms with Gasteiger partial charge in [0.25, 0.3) is 0 Å². The second kappa shape index (κ2) is 8.75. The summed E-state index contributed by atoms with van der Waals surface area (Å²) in [6, 6.07) is 14.4. The van der Waals surface area contributed by atoms with E-state index in [0.717, 1.165) is 37.6 Å². The van der Waals surface area contributed by atoms with Gasteiger partial charge in [-0.1, -0.05) is 0 Å². The van der Waals surface area contributed by atoms with E-state index in [1.165, 1.54) is 0 Å². The van der Waals surface area contributed by atoms with Crippen LogP contribution >= 0.6 is 0 Å². The van der Waals surface area contributed by atoms with Crippen molar-refractivity contribution in [2.45, 2.75) is 13.0 Å². The van der Waals surface area contributed by atoms with Crippen molar-refractivity contribution >= 4 is 23.2 Å². The Morgan fingerprint density at radius 2 is 1.61 bits per heavy atom. The van der Waals surface area contributed by atoms with E-state index in [1.54, 1.807) is 31.4 Å². The van der Waals surface area contributed by atoms with Gasteiger partial charge in [0.05, 0.1) is 13.2 Å². The fraction of sp³-hybridized carbons (Fsp3) is 0.333. The molecule has 0 aromatic heterocycles. The molecule has 148 valence electrons. The maximum Gasteiger partial charge on any atom is 0.248 e. The average molecular weight is 382 g/mol. The smallest absolute Gasteiger partial charge is 0.248 e. The number of hydrogen-bond acceptors (Lipinski definition) is 5. The maximum absolute atomic E-state index is 12.6. The van der Waals surface area contributed by atoms with Crippen molar-refractivity contribution in [3.05, 3.63) is 54.1 Å². The lowest BCUT2D eigenvalue weighted by Gasteiger charge is -2.38. The summed E-state index contributed by atoms with van der Waals surface area (Å²) < 4.78 is 5.20. The van der Waals surface area contributed by atoms with Crippen LogP contribution < -0.4 is 20.7 Å². The first kappa shape index (κ1) is 19.7. The van der Waals surface area contributed by atoms with Gasteiger partial charge in [0.15, 0.2) is 0 Å². The fourth-order valence-electron chi connectivity index (χ4n) is 3.29. The van der Waals surface area contributed by atoms with Crippen LogP contribution in [0.15, 0.2) is 48.5 Å². The molecule has 0 aliphatic carbocycles. The van der Waals surface area contributed by atoms with Crippen LogP contribution in [0, 0.1) is 0 Å². The van der Waals surface area contributed by atoms with Gasteiger partial charge in [-0.2, -0.15) is 0 Å². The fourth-order valence-corrected chi connectivity index (χ4v) is 3.29. The maximum atomic E-state index is 12.6. The molecule has 2 aromatic rings. The molecule has 1 fully saturated rings. The Hall–Kier alpha value is -3.06. The van der Waals surface area contributed by atoms with E-state index in [-0.39, 0.29) is 11.9 Å².